The molecule has 6 heteroatoms. The average molecular weight is 775 g/mol. The summed E-state index contributed by atoms with van der Waals surface area (Å²) < 4.78 is 12.6. The van der Waals surface area contributed by atoms with E-state index in [1.54, 1.807) is 7.11 Å². The van der Waals surface area contributed by atoms with E-state index in [1.807, 2.05) is 0 Å². The van der Waals surface area contributed by atoms with E-state index in [0.717, 1.165) is 70.6 Å². The summed E-state index contributed by atoms with van der Waals surface area (Å²) in [5.41, 5.74) is 1.40. The van der Waals surface area contributed by atoms with Gasteiger partial charge in [0.05, 0.1) is 24.7 Å². The third-order valence-corrected chi connectivity index (χ3v) is 20.4. The molecule has 7 aliphatic rings. The van der Waals surface area contributed by atoms with Crippen molar-refractivity contribution < 1.29 is 29.6 Å². The molecule has 0 amide bonds. The van der Waals surface area contributed by atoms with E-state index in [-0.39, 0.29) is 57.0 Å². The smallest absolute Gasteiger partial charge is 0.309 e. The van der Waals surface area contributed by atoms with Crippen LogP contribution in [0, 0.1) is 67.5 Å². The highest BCUT2D eigenvalue weighted by Gasteiger charge is 2.86. The number of unbranched alkanes of at least 4 members (excludes halogenated alkanes) is 3. The number of carbonyl (C=O) groups is 1. The van der Waals surface area contributed by atoms with Crippen molar-refractivity contribution in [1.82, 2.24) is 0 Å². The molecule has 1 aliphatic heterocycles. The lowest BCUT2D eigenvalue weighted by Gasteiger charge is -2.82. The Hall–Kier alpha value is -1.47. The second kappa shape index (κ2) is 14.3. The number of ether oxygens (including phenoxy) is 2. The first-order valence-corrected chi connectivity index (χ1v) is 23.4. The fourth-order valence-electron chi connectivity index (χ4n) is 17.8. The van der Waals surface area contributed by atoms with Gasteiger partial charge in [-0.3, -0.25) is 4.79 Å². The van der Waals surface area contributed by atoms with E-state index >= 15 is 0 Å². The Kier molecular flexibility index (Phi) is 10.6. The summed E-state index contributed by atoms with van der Waals surface area (Å²) in [6.07, 6.45) is 20.7. The lowest BCUT2D eigenvalue weighted by molar-refractivity contribution is -0.360. The van der Waals surface area contributed by atoms with Crippen molar-refractivity contribution in [2.75, 3.05) is 20.3 Å². The standard InChI is InChI=1S/C50H78O6/c1-8-10-11-12-22-47-30-36-18-19-37-31-50(54)39(13-9-2)48(41(56-50)29-35-16-14-34(15-17-35)21-28-55-7)23-20-38(46(36,6)49(37,48)33-51)45(47,5)27-26-43(3)24-25-44(4,42(52)53)32-40(43)47/h14-17,36-41,51,54H,8-13,18-33H2,1-7H3,(H,52,53)/t36-,37+,38-,39-,40-,41-,43+,44-,45-,46-,47+,48+,49+,50-/m1/s1. The van der Waals surface area contributed by atoms with E-state index in [9.17, 15) is 20.1 Å². The van der Waals surface area contributed by atoms with Crippen LogP contribution in [0.25, 0.3) is 0 Å². The van der Waals surface area contributed by atoms with Gasteiger partial charge < -0.3 is 24.8 Å². The van der Waals surface area contributed by atoms with Gasteiger partial charge in [-0.2, -0.15) is 0 Å². The predicted molar refractivity (Wildman–Crippen MR) is 222 cm³/mol. The van der Waals surface area contributed by atoms with Crippen molar-refractivity contribution in [3.05, 3.63) is 35.4 Å². The Balaban J connectivity index is 1.26. The van der Waals surface area contributed by atoms with E-state index in [4.69, 9.17) is 9.47 Å². The number of rotatable bonds is 14. The van der Waals surface area contributed by atoms with Gasteiger partial charge in [-0.15, -0.1) is 0 Å². The Morgan fingerprint density at radius 1 is 0.839 bits per heavy atom. The molecule has 8 rings (SSSR count). The van der Waals surface area contributed by atoms with Gasteiger partial charge in [0.1, 0.15) is 0 Å². The molecule has 1 spiro atoms. The van der Waals surface area contributed by atoms with Gasteiger partial charge in [0.25, 0.3) is 0 Å². The number of aliphatic hydroxyl groups is 2. The normalized spacial score (nSPS) is 48.8. The van der Waals surface area contributed by atoms with Gasteiger partial charge in [0.2, 0.25) is 0 Å². The summed E-state index contributed by atoms with van der Waals surface area (Å²) in [6, 6.07) is 9.03. The summed E-state index contributed by atoms with van der Waals surface area (Å²) in [5, 5.41) is 36.2. The van der Waals surface area contributed by atoms with Crippen LogP contribution in [0.15, 0.2) is 24.3 Å². The second-order valence-electron chi connectivity index (χ2n) is 22.1. The molecule has 56 heavy (non-hydrogen) atoms. The van der Waals surface area contributed by atoms with Crippen LogP contribution in [-0.4, -0.2) is 53.5 Å². The number of hydrogen-bond donors (Lipinski definition) is 3. The van der Waals surface area contributed by atoms with Gasteiger partial charge in [-0.25, -0.2) is 0 Å². The number of methoxy groups -OCH3 is 1. The fourth-order valence-corrected chi connectivity index (χ4v) is 17.8. The van der Waals surface area contributed by atoms with Crippen LogP contribution in [0.1, 0.15) is 168 Å². The Labute approximate surface area is 339 Å². The van der Waals surface area contributed by atoms with Crippen molar-refractivity contribution in [3.63, 3.8) is 0 Å². The largest absolute Gasteiger partial charge is 0.481 e. The quantitative estimate of drug-likeness (QED) is 0.163. The maximum atomic E-state index is 13.1. The number of fused-ring (bicyclic) bond motifs is 5. The molecule has 1 saturated heterocycles. The Bertz CT molecular complexity index is 1610. The van der Waals surface area contributed by atoms with E-state index < -0.39 is 17.2 Å². The number of carboxylic acid groups (broad SMARTS) is 1. The minimum atomic E-state index is -1.16. The van der Waals surface area contributed by atoms with Gasteiger partial charge in [-0.05, 0) is 153 Å². The van der Waals surface area contributed by atoms with Crippen LogP contribution in [0.5, 0.6) is 0 Å². The van der Waals surface area contributed by atoms with E-state index in [1.165, 1.54) is 62.5 Å². The molecule has 0 radical (unpaired) electrons. The zero-order valence-corrected chi connectivity index (χ0v) is 36.4. The molecule has 3 N–H and O–H groups in total. The first kappa shape index (κ1) is 41.3. The number of hydrogen-bond acceptors (Lipinski definition) is 5. The molecule has 6 saturated carbocycles. The minimum Gasteiger partial charge on any atom is -0.481 e. The van der Waals surface area contributed by atoms with Gasteiger partial charge in [0, 0.05) is 30.3 Å². The third kappa shape index (κ3) is 5.35. The monoisotopic (exact) mass is 775 g/mol. The van der Waals surface area contributed by atoms with Crippen molar-refractivity contribution in [2.45, 2.75) is 182 Å². The highest BCUT2D eigenvalue weighted by molar-refractivity contribution is 5.74. The van der Waals surface area contributed by atoms with Gasteiger partial charge in [0.15, 0.2) is 5.79 Å². The Morgan fingerprint density at radius 3 is 2.23 bits per heavy atom. The van der Waals surface area contributed by atoms with Gasteiger partial charge in [-0.1, -0.05) is 91.0 Å². The van der Waals surface area contributed by atoms with Crippen LogP contribution in [0.3, 0.4) is 0 Å². The maximum absolute atomic E-state index is 13.1. The lowest BCUT2D eigenvalue weighted by Crippen LogP contribution is -2.79. The van der Waals surface area contributed by atoms with Crippen molar-refractivity contribution in [3.8, 4) is 0 Å². The molecule has 6 aliphatic carbocycles. The van der Waals surface area contributed by atoms with Crippen LogP contribution in [0.4, 0.5) is 0 Å². The first-order valence-electron chi connectivity index (χ1n) is 23.4. The molecule has 314 valence electrons. The predicted octanol–water partition coefficient (Wildman–Crippen LogP) is 10.8. The highest BCUT2D eigenvalue weighted by Crippen LogP contribution is 2.88. The fraction of sp³-hybridized carbons (Fsp3) is 0.860. The summed E-state index contributed by atoms with van der Waals surface area (Å²) in [4.78, 5) is 13.1. The molecule has 6 nitrogen and oxygen atoms in total. The van der Waals surface area contributed by atoms with Gasteiger partial charge >= 0.3 is 5.97 Å². The number of aliphatic carboxylic acids is 1. The third-order valence-electron chi connectivity index (χ3n) is 20.4. The topological polar surface area (TPSA) is 96.2 Å². The zero-order chi connectivity index (χ0) is 40.0. The van der Waals surface area contributed by atoms with Crippen LogP contribution in [0.2, 0.25) is 0 Å². The lowest BCUT2D eigenvalue weighted by atomic mass is 9.21. The number of aliphatic hydroxyl groups excluding tert-OH is 1. The van der Waals surface area contributed by atoms with Crippen LogP contribution >= 0.6 is 0 Å². The molecule has 0 aromatic heterocycles. The van der Waals surface area contributed by atoms with E-state index in [2.05, 4.69) is 65.8 Å². The molecule has 0 unspecified atom stereocenters. The molecular formula is C50H78O6. The molecule has 1 aromatic carbocycles. The second-order valence-corrected chi connectivity index (χ2v) is 22.1. The van der Waals surface area contributed by atoms with Crippen LogP contribution < -0.4 is 0 Å². The summed E-state index contributed by atoms with van der Waals surface area (Å²) in [5.74, 6) is -0.232. The Morgan fingerprint density at radius 2 is 1.55 bits per heavy atom. The van der Waals surface area contributed by atoms with Crippen molar-refractivity contribution >= 4 is 5.97 Å². The van der Waals surface area contributed by atoms with Crippen molar-refractivity contribution in [2.24, 2.45) is 67.5 Å². The molecule has 1 aromatic rings. The molecule has 14 atom stereocenters. The highest BCUT2D eigenvalue weighted by atomic mass is 16.6. The maximum Gasteiger partial charge on any atom is 0.309 e. The molecule has 7 fully saturated rings. The van der Waals surface area contributed by atoms with E-state index in [0.29, 0.717) is 30.8 Å². The zero-order valence-electron chi connectivity index (χ0n) is 36.4. The first-order chi connectivity index (χ1) is 26.6. The number of benzene rings is 1. The SMILES string of the molecule is CCCCCC[C@@]12C[C@H]3CC[C@H]4C[C@@]5(O)O[C@H](Cc6ccc(CCOC)cc6)[C@]6(CC[C@@H]([C@]3(C)[C@]46CO)[C@@]1(C)CC[C@]1(C)CC[C@@](C)(C(=O)O)C[C@H]12)[C@H]5CCC. The molecular weight excluding hydrogens is 697 g/mol. The summed E-state index contributed by atoms with van der Waals surface area (Å²) >= 11 is 0. The number of carboxylic acids is 1. The van der Waals surface area contributed by atoms with Crippen molar-refractivity contribution in [1.29, 1.82) is 0 Å². The summed E-state index contributed by atoms with van der Waals surface area (Å²) in [6.45, 7) is 15.5. The molecule has 1 heterocycles. The molecule has 2 bridgehead atoms. The van der Waals surface area contributed by atoms with Crippen LogP contribution in [-0.2, 0) is 27.1 Å². The summed E-state index contributed by atoms with van der Waals surface area (Å²) in [7, 11) is 1.76. The minimum absolute atomic E-state index is 0.00343. The average Bonchev–Trinajstić information content (AvgIpc) is 3.33.